The Kier molecular flexibility index (Phi) is 2.95. The summed E-state index contributed by atoms with van der Waals surface area (Å²) in [4.78, 5) is 0. The molecule has 0 radical (unpaired) electrons. The normalized spacial score (nSPS) is 14.2. The van der Waals surface area contributed by atoms with E-state index in [0.29, 0.717) is 16.9 Å². The average molecular weight is 236 g/mol. The van der Waals surface area contributed by atoms with Gasteiger partial charge in [-0.1, -0.05) is 6.07 Å². The Morgan fingerprint density at radius 1 is 1.29 bits per heavy atom. The molecule has 0 saturated carbocycles. The Bertz CT molecular complexity index is 522. The van der Waals surface area contributed by atoms with Gasteiger partial charge in [0, 0.05) is 5.39 Å². The van der Waals surface area contributed by atoms with Gasteiger partial charge in [-0.2, -0.15) is 0 Å². The predicted octanol–water partition coefficient (Wildman–Crippen LogP) is 1.69. The average Bonchev–Trinajstić information content (AvgIpc) is 2.70. The minimum Gasteiger partial charge on any atom is -0.458 e. The van der Waals surface area contributed by atoms with Gasteiger partial charge in [0.2, 0.25) is 0 Å². The lowest BCUT2D eigenvalue weighted by Gasteiger charge is -2.12. The molecule has 1 heterocycles. The van der Waals surface area contributed by atoms with Crippen LogP contribution in [0.3, 0.4) is 0 Å². The Morgan fingerprint density at radius 2 is 2.00 bits per heavy atom. The molecular formula is C13H16O4. The van der Waals surface area contributed by atoms with Gasteiger partial charge in [-0.25, -0.2) is 0 Å². The zero-order valence-electron chi connectivity index (χ0n) is 9.84. The number of rotatable bonds is 3. The predicted molar refractivity (Wildman–Crippen MR) is 63.5 cm³/mol. The van der Waals surface area contributed by atoms with Crippen molar-refractivity contribution in [3.8, 4) is 0 Å². The Morgan fingerprint density at radius 3 is 2.59 bits per heavy atom. The van der Waals surface area contributed by atoms with Gasteiger partial charge in [0.25, 0.3) is 0 Å². The van der Waals surface area contributed by atoms with E-state index < -0.39 is 11.7 Å². The summed E-state index contributed by atoms with van der Waals surface area (Å²) in [5.74, 6) is 0.475. The van der Waals surface area contributed by atoms with Gasteiger partial charge in [-0.15, -0.1) is 0 Å². The van der Waals surface area contributed by atoms with Crippen molar-refractivity contribution in [2.45, 2.75) is 25.6 Å². The molecule has 2 rings (SSSR count). The maximum absolute atomic E-state index is 9.83. The highest BCUT2D eigenvalue weighted by atomic mass is 16.4. The van der Waals surface area contributed by atoms with Crippen LogP contribution in [0.15, 0.2) is 28.7 Å². The molecule has 1 unspecified atom stereocenters. The van der Waals surface area contributed by atoms with Crippen LogP contribution in [0, 0.1) is 0 Å². The van der Waals surface area contributed by atoms with Crippen molar-refractivity contribution in [3.05, 3.63) is 35.6 Å². The van der Waals surface area contributed by atoms with Crippen LogP contribution in [0.1, 0.15) is 31.3 Å². The van der Waals surface area contributed by atoms with Gasteiger partial charge in [-0.05, 0) is 37.6 Å². The first-order chi connectivity index (χ1) is 7.91. The van der Waals surface area contributed by atoms with Crippen molar-refractivity contribution in [2.24, 2.45) is 0 Å². The molecule has 1 aromatic heterocycles. The molecular weight excluding hydrogens is 220 g/mol. The minimum atomic E-state index is -1.03. The number of hydrogen-bond acceptors (Lipinski definition) is 4. The second-order valence-corrected chi connectivity index (χ2v) is 4.67. The van der Waals surface area contributed by atoms with Crippen LogP contribution < -0.4 is 0 Å². The second-order valence-electron chi connectivity index (χ2n) is 4.67. The Balaban J connectivity index is 2.48. The number of hydrogen-bond donors (Lipinski definition) is 3. The molecule has 0 aliphatic rings. The fraction of sp³-hybridized carbons (Fsp3) is 0.385. The lowest BCUT2D eigenvalue weighted by atomic mass is 10.0. The van der Waals surface area contributed by atoms with Crippen molar-refractivity contribution in [2.75, 3.05) is 6.61 Å². The summed E-state index contributed by atoms with van der Waals surface area (Å²) in [5.41, 5.74) is 0.244. The summed E-state index contributed by atoms with van der Waals surface area (Å²) in [7, 11) is 0. The number of aliphatic hydroxyl groups excluding tert-OH is 2. The van der Waals surface area contributed by atoms with E-state index in [1.165, 1.54) is 0 Å². The fourth-order valence-corrected chi connectivity index (χ4v) is 1.68. The monoisotopic (exact) mass is 236 g/mol. The zero-order chi connectivity index (χ0) is 12.6. The fourth-order valence-electron chi connectivity index (χ4n) is 1.68. The van der Waals surface area contributed by atoms with Crippen LogP contribution in [-0.2, 0) is 5.60 Å². The lowest BCUT2D eigenvalue weighted by molar-refractivity contribution is 0.0559. The lowest BCUT2D eigenvalue weighted by Crippen LogP contribution is -2.13. The van der Waals surface area contributed by atoms with Crippen LogP contribution in [0.25, 0.3) is 11.0 Å². The number of furan rings is 1. The van der Waals surface area contributed by atoms with Gasteiger partial charge in [0.15, 0.2) is 0 Å². The van der Waals surface area contributed by atoms with Crippen molar-refractivity contribution < 1.29 is 19.7 Å². The summed E-state index contributed by atoms with van der Waals surface area (Å²) in [6.45, 7) is 2.98. The molecule has 4 heteroatoms. The van der Waals surface area contributed by atoms with Gasteiger partial charge >= 0.3 is 0 Å². The van der Waals surface area contributed by atoms with E-state index in [4.69, 9.17) is 9.52 Å². The highest BCUT2D eigenvalue weighted by Gasteiger charge is 2.21. The maximum atomic E-state index is 9.83. The molecule has 1 aromatic carbocycles. The van der Waals surface area contributed by atoms with Crippen LogP contribution in [0.2, 0.25) is 0 Å². The van der Waals surface area contributed by atoms with Gasteiger partial charge in [-0.3, -0.25) is 0 Å². The third-order valence-corrected chi connectivity index (χ3v) is 2.70. The molecule has 0 spiro atoms. The molecule has 92 valence electrons. The van der Waals surface area contributed by atoms with E-state index in [1.807, 2.05) is 0 Å². The van der Waals surface area contributed by atoms with E-state index >= 15 is 0 Å². The molecule has 0 aliphatic heterocycles. The van der Waals surface area contributed by atoms with E-state index in [-0.39, 0.29) is 6.61 Å². The highest BCUT2D eigenvalue weighted by molar-refractivity contribution is 5.79. The third kappa shape index (κ3) is 2.34. The van der Waals surface area contributed by atoms with Crippen molar-refractivity contribution in [3.63, 3.8) is 0 Å². The number of fused-ring (bicyclic) bond motifs is 1. The SMILES string of the molecule is CC(C)(O)c1cc2cc(C(O)CO)ccc2o1. The first-order valence-electron chi connectivity index (χ1n) is 5.47. The smallest absolute Gasteiger partial charge is 0.136 e. The Hall–Kier alpha value is -1.36. The maximum Gasteiger partial charge on any atom is 0.136 e. The first kappa shape index (κ1) is 12.1. The second kappa shape index (κ2) is 4.14. The van der Waals surface area contributed by atoms with Crippen LogP contribution in [-0.4, -0.2) is 21.9 Å². The topological polar surface area (TPSA) is 73.8 Å². The number of aliphatic hydroxyl groups is 3. The largest absolute Gasteiger partial charge is 0.458 e. The van der Waals surface area contributed by atoms with E-state index in [2.05, 4.69) is 0 Å². The summed E-state index contributed by atoms with van der Waals surface area (Å²) in [5, 5.41) is 29.0. The molecule has 17 heavy (non-hydrogen) atoms. The third-order valence-electron chi connectivity index (χ3n) is 2.70. The molecule has 2 aromatic rings. The number of benzene rings is 1. The molecule has 4 nitrogen and oxygen atoms in total. The molecule has 0 bridgehead atoms. The van der Waals surface area contributed by atoms with Crippen LogP contribution in [0.5, 0.6) is 0 Å². The zero-order valence-corrected chi connectivity index (χ0v) is 9.84. The van der Waals surface area contributed by atoms with Gasteiger partial charge < -0.3 is 19.7 Å². The molecule has 3 N–H and O–H groups in total. The van der Waals surface area contributed by atoms with Crippen molar-refractivity contribution in [1.29, 1.82) is 0 Å². The molecule has 0 saturated heterocycles. The molecule has 1 atom stereocenters. The summed E-state index contributed by atoms with van der Waals surface area (Å²) >= 11 is 0. The van der Waals surface area contributed by atoms with E-state index in [9.17, 15) is 10.2 Å². The molecule has 0 aliphatic carbocycles. The molecule has 0 amide bonds. The Labute approximate surface area is 99.1 Å². The standard InChI is InChI=1S/C13H16O4/c1-13(2,16)12-6-9-5-8(10(15)7-14)3-4-11(9)17-12/h3-6,10,14-16H,7H2,1-2H3. The van der Waals surface area contributed by atoms with E-state index in [0.717, 1.165) is 5.39 Å². The molecule has 0 fully saturated rings. The van der Waals surface area contributed by atoms with Gasteiger partial charge in [0.1, 0.15) is 23.0 Å². The van der Waals surface area contributed by atoms with Crippen LogP contribution in [0.4, 0.5) is 0 Å². The van der Waals surface area contributed by atoms with E-state index in [1.54, 1.807) is 38.1 Å². The van der Waals surface area contributed by atoms with Gasteiger partial charge in [0.05, 0.1) is 6.61 Å². The first-order valence-corrected chi connectivity index (χ1v) is 5.47. The summed E-state index contributed by atoms with van der Waals surface area (Å²) in [6, 6.07) is 6.90. The minimum absolute atomic E-state index is 0.318. The van der Waals surface area contributed by atoms with Crippen molar-refractivity contribution in [1.82, 2.24) is 0 Å². The van der Waals surface area contributed by atoms with Crippen molar-refractivity contribution >= 4 is 11.0 Å². The highest BCUT2D eigenvalue weighted by Crippen LogP contribution is 2.29. The quantitative estimate of drug-likeness (QED) is 0.758. The summed E-state index contributed by atoms with van der Waals surface area (Å²) < 4.78 is 5.51. The van der Waals surface area contributed by atoms with Crippen LogP contribution >= 0.6 is 0 Å². The summed E-state index contributed by atoms with van der Waals surface area (Å²) in [6.07, 6.45) is -0.889.